The highest BCUT2D eigenvalue weighted by molar-refractivity contribution is 6.30. The van der Waals surface area contributed by atoms with Gasteiger partial charge in [0.1, 0.15) is 6.04 Å². The molecule has 6 nitrogen and oxygen atoms in total. The summed E-state index contributed by atoms with van der Waals surface area (Å²) in [6, 6.07) is 5.93. The van der Waals surface area contributed by atoms with Crippen molar-refractivity contribution in [2.24, 2.45) is 0 Å². The number of carbonyl (C=O) groups is 3. The van der Waals surface area contributed by atoms with E-state index in [0.717, 1.165) is 5.56 Å². The lowest BCUT2D eigenvalue weighted by molar-refractivity contribution is -0.148. The Labute approximate surface area is 126 Å². The summed E-state index contributed by atoms with van der Waals surface area (Å²) in [7, 11) is 0. The molecule has 1 aromatic carbocycles. The van der Waals surface area contributed by atoms with E-state index in [9.17, 15) is 14.4 Å². The number of halogens is 1. The van der Waals surface area contributed by atoms with E-state index in [4.69, 9.17) is 16.7 Å². The van der Waals surface area contributed by atoms with Crippen molar-refractivity contribution >= 4 is 29.4 Å². The van der Waals surface area contributed by atoms with Crippen molar-refractivity contribution in [2.45, 2.75) is 18.9 Å². The van der Waals surface area contributed by atoms with E-state index in [1.165, 1.54) is 4.90 Å². The van der Waals surface area contributed by atoms with E-state index in [1.807, 2.05) is 0 Å². The van der Waals surface area contributed by atoms with E-state index >= 15 is 0 Å². The number of amides is 2. The predicted molar refractivity (Wildman–Crippen MR) is 75.9 cm³/mol. The smallest absolute Gasteiger partial charge is 0.305 e. The van der Waals surface area contributed by atoms with Gasteiger partial charge in [0.15, 0.2) is 0 Å². The van der Waals surface area contributed by atoms with Crippen LogP contribution in [0.4, 0.5) is 0 Å². The Morgan fingerprint density at radius 1 is 1.43 bits per heavy atom. The molecule has 1 aliphatic heterocycles. The van der Waals surface area contributed by atoms with Crippen LogP contribution in [0.2, 0.25) is 5.02 Å². The number of nitrogens with one attached hydrogen (secondary N) is 1. The molecule has 2 N–H and O–H groups in total. The molecule has 0 radical (unpaired) electrons. The van der Waals surface area contributed by atoms with Crippen LogP contribution in [0.1, 0.15) is 12.0 Å². The highest BCUT2D eigenvalue weighted by Crippen LogP contribution is 2.15. The van der Waals surface area contributed by atoms with Gasteiger partial charge in [0.05, 0.1) is 12.8 Å². The molecule has 1 aromatic rings. The highest BCUT2D eigenvalue weighted by Gasteiger charge is 2.34. The number of hydrogen-bond donors (Lipinski definition) is 2. The molecule has 0 aromatic heterocycles. The average Bonchev–Trinajstić information content (AvgIpc) is 2.40. The zero-order valence-corrected chi connectivity index (χ0v) is 12.0. The van der Waals surface area contributed by atoms with Gasteiger partial charge in [0.2, 0.25) is 11.8 Å². The summed E-state index contributed by atoms with van der Waals surface area (Å²) in [5.74, 6) is -1.82. The van der Waals surface area contributed by atoms with Crippen molar-refractivity contribution in [1.82, 2.24) is 10.2 Å². The molecule has 0 spiro atoms. The summed E-state index contributed by atoms with van der Waals surface area (Å²) in [5, 5.41) is 12.0. The van der Waals surface area contributed by atoms with Gasteiger partial charge < -0.3 is 15.3 Å². The number of rotatable bonds is 4. The largest absolute Gasteiger partial charge is 0.481 e. The molecular formula is C14H15ClN2O4. The summed E-state index contributed by atoms with van der Waals surface area (Å²) >= 11 is 5.87. The van der Waals surface area contributed by atoms with E-state index in [1.54, 1.807) is 24.3 Å². The third-order valence-electron chi connectivity index (χ3n) is 3.26. The molecule has 1 heterocycles. The van der Waals surface area contributed by atoms with Gasteiger partial charge in [-0.05, 0) is 17.7 Å². The summed E-state index contributed by atoms with van der Waals surface area (Å²) in [6.45, 7) is 0.638. The standard InChI is InChI=1S/C14H15ClN2O4/c15-10-3-1-2-9(6-10)7-12(18)17-5-4-16-14(21)11(17)8-13(19)20/h1-3,6,11H,4-5,7-8H2,(H,16,21)(H,19,20). The lowest BCUT2D eigenvalue weighted by Crippen LogP contribution is -2.58. The van der Waals surface area contributed by atoms with E-state index in [-0.39, 0.29) is 12.3 Å². The van der Waals surface area contributed by atoms with Gasteiger partial charge in [-0.25, -0.2) is 0 Å². The zero-order valence-electron chi connectivity index (χ0n) is 11.2. The Kier molecular flexibility index (Phi) is 4.80. The molecule has 1 saturated heterocycles. The minimum absolute atomic E-state index is 0.0873. The Morgan fingerprint density at radius 3 is 2.86 bits per heavy atom. The average molecular weight is 311 g/mol. The van der Waals surface area contributed by atoms with Crippen molar-refractivity contribution in [3.05, 3.63) is 34.9 Å². The van der Waals surface area contributed by atoms with Crippen molar-refractivity contribution in [3.63, 3.8) is 0 Å². The molecule has 1 aliphatic rings. The van der Waals surface area contributed by atoms with Gasteiger partial charge in [-0.2, -0.15) is 0 Å². The summed E-state index contributed by atoms with van der Waals surface area (Å²) in [6.07, 6.45) is -0.308. The number of carboxylic acids is 1. The minimum Gasteiger partial charge on any atom is -0.481 e. The lowest BCUT2D eigenvalue weighted by Gasteiger charge is -2.34. The van der Waals surface area contributed by atoms with E-state index in [0.29, 0.717) is 18.1 Å². The van der Waals surface area contributed by atoms with Crippen molar-refractivity contribution in [1.29, 1.82) is 0 Å². The normalized spacial score (nSPS) is 18.2. The molecule has 7 heteroatoms. The van der Waals surface area contributed by atoms with Crippen molar-refractivity contribution in [3.8, 4) is 0 Å². The molecule has 2 rings (SSSR count). The first kappa shape index (κ1) is 15.3. The Hall–Kier alpha value is -2.08. The molecule has 0 saturated carbocycles. The van der Waals surface area contributed by atoms with Crippen LogP contribution in [0, 0.1) is 0 Å². The quantitative estimate of drug-likeness (QED) is 0.856. The second-order valence-electron chi connectivity index (χ2n) is 4.80. The van der Waals surface area contributed by atoms with Crippen molar-refractivity contribution < 1.29 is 19.5 Å². The van der Waals surface area contributed by atoms with Gasteiger partial charge in [-0.15, -0.1) is 0 Å². The molecule has 2 amide bonds. The number of benzene rings is 1. The number of piperazine rings is 1. The maximum atomic E-state index is 12.3. The number of aliphatic carboxylic acids is 1. The Bertz CT molecular complexity index is 576. The topological polar surface area (TPSA) is 86.7 Å². The van der Waals surface area contributed by atoms with Crippen molar-refractivity contribution in [2.75, 3.05) is 13.1 Å². The second-order valence-corrected chi connectivity index (χ2v) is 5.23. The van der Waals surface area contributed by atoms with Gasteiger partial charge in [-0.1, -0.05) is 23.7 Å². The molecule has 0 bridgehead atoms. The number of carboxylic acid groups (broad SMARTS) is 1. The van der Waals surface area contributed by atoms with Gasteiger partial charge in [0, 0.05) is 18.1 Å². The number of nitrogens with zero attached hydrogens (tertiary/aromatic N) is 1. The molecule has 1 unspecified atom stereocenters. The van der Waals surface area contributed by atoms with Gasteiger partial charge in [-0.3, -0.25) is 14.4 Å². The van der Waals surface area contributed by atoms with Crippen LogP contribution in [-0.2, 0) is 20.8 Å². The predicted octanol–water partition coefficient (Wildman–Crippen LogP) is 0.684. The van der Waals surface area contributed by atoms with E-state index in [2.05, 4.69) is 5.32 Å². The maximum absolute atomic E-state index is 12.3. The molecule has 1 atom stereocenters. The fraction of sp³-hybridized carbons (Fsp3) is 0.357. The highest BCUT2D eigenvalue weighted by atomic mass is 35.5. The van der Waals surface area contributed by atoms with Crippen LogP contribution in [0.3, 0.4) is 0 Å². The molecule has 0 aliphatic carbocycles. The second kappa shape index (κ2) is 6.58. The third kappa shape index (κ3) is 3.95. The first-order chi connectivity index (χ1) is 9.97. The molecule has 112 valence electrons. The summed E-state index contributed by atoms with van der Waals surface area (Å²) in [4.78, 5) is 36.3. The molecule has 21 heavy (non-hydrogen) atoms. The SMILES string of the molecule is O=C(O)CC1C(=O)NCCN1C(=O)Cc1cccc(Cl)c1. The maximum Gasteiger partial charge on any atom is 0.305 e. The summed E-state index contributed by atoms with van der Waals surface area (Å²) in [5.41, 5.74) is 0.729. The molecule has 1 fully saturated rings. The minimum atomic E-state index is -1.11. The van der Waals surface area contributed by atoms with Crippen LogP contribution in [-0.4, -0.2) is 46.9 Å². The first-order valence-corrected chi connectivity index (χ1v) is 6.88. The monoisotopic (exact) mass is 310 g/mol. The zero-order chi connectivity index (χ0) is 15.4. The lowest BCUT2D eigenvalue weighted by atomic mass is 10.1. The van der Waals surface area contributed by atoms with Crippen LogP contribution in [0.15, 0.2) is 24.3 Å². The van der Waals surface area contributed by atoms with E-state index < -0.39 is 24.3 Å². The van der Waals surface area contributed by atoms with Gasteiger partial charge in [0.25, 0.3) is 0 Å². The fourth-order valence-corrected chi connectivity index (χ4v) is 2.52. The van der Waals surface area contributed by atoms with Crippen LogP contribution in [0.25, 0.3) is 0 Å². The number of carbonyl (C=O) groups excluding carboxylic acids is 2. The summed E-state index contributed by atoms with van der Waals surface area (Å²) < 4.78 is 0. The van der Waals surface area contributed by atoms with Crippen LogP contribution >= 0.6 is 11.6 Å². The fourth-order valence-electron chi connectivity index (χ4n) is 2.30. The third-order valence-corrected chi connectivity index (χ3v) is 3.50. The Morgan fingerprint density at radius 2 is 2.19 bits per heavy atom. The Balaban J connectivity index is 2.11. The molecular weight excluding hydrogens is 296 g/mol. The van der Waals surface area contributed by atoms with Crippen LogP contribution in [0.5, 0.6) is 0 Å². The first-order valence-electron chi connectivity index (χ1n) is 6.51. The number of hydrogen-bond acceptors (Lipinski definition) is 3. The van der Waals surface area contributed by atoms with Crippen LogP contribution < -0.4 is 5.32 Å². The van der Waals surface area contributed by atoms with Gasteiger partial charge >= 0.3 is 5.97 Å².